The number of likely N-dealkylation sites (N-methyl/N-ethyl adjacent to an activating group) is 1. The molecule has 0 amide bonds. The Labute approximate surface area is 241 Å². The van der Waals surface area contributed by atoms with Gasteiger partial charge in [0.15, 0.2) is 0 Å². The van der Waals surface area contributed by atoms with Crippen molar-refractivity contribution in [2.45, 2.75) is 72.4 Å². The zero-order valence-corrected chi connectivity index (χ0v) is 27.0. The Kier molecular flexibility index (Phi) is 35.2. The first-order chi connectivity index (χ1) is 13.4. The largest absolute Gasteiger partial charge is 0.662 e. The molecule has 0 bridgehead atoms. The molecule has 2 radical (unpaired) electrons. The monoisotopic (exact) mass is 572 g/mol. The SMILES string of the molecule is CC(C)CCN(C)C1CC[N-]CC1.CC(C)CCN(C)C1C[N-]C1.[CH-]=C.[CH2-]C.[Y].[Y]. The van der Waals surface area contributed by atoms with Crippen LogP contribution in [0.25, 0.3) is 10.6 Å². The van der Waals surface area contributed by atoms with Crippen LogP contribution in [0.3, 0.4) is 0 Å². The van der Waals surface area contributed by atoms with Crippen LogP contribution in [0.1, 0.15) is 60.3 Å². The molecule has 0 N–H and O–H groups in total. The minimum atomic E-state index is 0. The second kappa shape index (κ2) is 27.0. The summed E-state index contributed by atoms with van der Waals surface area (Å²) in [6.45, 7) is 27.9. The maximum Gasteiger partial charge on any atom is 0.00594 e. The molecule has 0 unspecified atom stereocenters. The standard InChI is InChI=1S/C11H23N2.C9H19N2.C2H5.C2H3.2Y/c1-10(2)6-9-13(3)11-4-7-12-8-5-11;1-8(2)4-5-11(3)9-6-10-7-9;2*1-2;;/h10-11H,4-9H2,1-3H3;8-9H,4-7H2,1-3H3;1H2,2H3;1H,2H2;;/q4*-1;;. The van der Waals surface area contributed by atoms with Crippen LogP contribution in [-0.2, 0) is 65.4 Å². The van der Waals surface area contributed by atoms with Crippen molar-refractivity contribution in [3.05, 3.63) is 30.7 Å². The molecule has 176 valence electrons. The van der Waals surface area contributed by atoms with E-state index in [1.165, 1.54) is 38.8 Å². The molecular formula is C24H50N4Y2-4. The van der Waals surface area contributed by atoms with E-state index in [4.69, 9.17) is 0 Å². The fourth-order valence-electron chi connectivity index (χ4n) is 2.99. The van der Waals surface area contributed by atoms with Gasteiger partial charge in [-0.1, -0.05) is 40.5 Å². The molecule has 2 aliphatic rings. The molecule has 0 aromatic rings. The minimum absolute atomic E-state index is 0. The van der Waals surface area contributed by atoms with Gasteiger partial charge in [-0.15, -0.1) is 26.2 Å². The van der Waals surface area contributed by atoms with E-state index in [9.17, 15) is 0 Å². The molecule has 0 atom stereocenters. The molecule has 2 saturated heterocycles. The Bertz CT molecular complexity index is 320. The third-order valence-corrected chi connectivity index (χ3v) is 5.29. The summed E-state index contributed by atoms with van der Waals surface area (Å²) >= 11 is 0. The van der Waals surface area contributed by atoms with Gasteiger partial charge in [0.05, 0.1) is 0 Å². The number of rotatable bonds is 8. The second-order valence-corrected chi connectivity index (χ2v) is 8.47. The van der Waals surface area contributed by atoms with Crippen LogP contribution in [0.5, 0.6) is 0 Å². The smallest absolute Gasteiger partial charge is 0.00594 e. The van der Waals surface area contributed by atoms with Crippen molar-refractivity contribution in [3.63, 3.8) is 0 Å². The van der Waals surface area contributed by atoms with Crippen LogP contribution in [-0.4, -0.2) is 75.2 Å². The van der Waals surface area contributed by atoms with E-state index in [2.05, 4.69) is 82.3 Å². The molecule has 0 saturated carbocycles. The van der Waals surface area contributed by atoms with E-state index < -0.39 is 0 Å². The molecule has 0 aliphatic carbocycles. The van der Waals surface area contributed by atoms with Gasteiger partial charge in [0.1, 0.15) is 0 Å². The average Bonchev–Trinajstić information content (AvgIpc) is 2.67. The topological polar surface area (TPSA) is 34.7 Å². The summed E-state index contributed by atoms with van der Waals surface area (Å²) in [5, 5.41) is 8.58. The van der Waals surface area contributed by atoms with Crippen LogP contribution in [0, 0.1) is 25.3 Å². The number of hydrogen-bond donors (Lipinski definition) is 0. The normalized spacial score (nSPS) is 16.1. The summed E-state index contributed by atoms with van der Waals surface area (Å²) in [6.07, 6.45) is 5.18. The Morgan fingerprint density at radius 2 is 1.17 bits per heavy atom. The van der Waals surface area contributed by atoms with Gasteiger partial charge in [-0.3, -0.25) is 6.58 Å². The summed E-state index contributed by atoms with van der Waals surface area (Å²) in [6, 6.07) is 1.56. The van der Waals surface area contributed by atoms with Crippen molar-refractivity contribution in [1.82, 2.24) is 9.80 Å². The van der Waals surface area contributed by atoms with E-state index in [0.717, 1.165) is 50.1 Å². The van der Waals surface area contributed by atoms with E-state index in [-0.39, 0.29) is 65.4 Å². The van der Waals surface area contributed by atoms with Gasteiger partial charge >= 0.3 is 0 Å². The Hall–Kier alpha value is 1.79. The second-order valence-electron chi connectivity index (χ2n) is 8.47. The van der Waals surface area contributed by atoms with Gasteiger partial charge in [-0.05, 0) is 57.9 Å². The number of piperidine rings is 1. The predicted octanol–water partition coefficient (Wildman–Crippen LogP) is 5.66. The maximum atomic E-state index is 4.38. The molecule has 30 heavy (non-hydrogen) atoms. The van der Waals surface area contributed by atoms with Crippen LogP contribution < -0.4 is 0 Å². The van der Waals surface area contributed by atoms with Gasteiger partial charge in [0, 0.05) is 71.5 Å². The van der Waals surface area contributed by atoms with Crippen LogP contribution >= 0.6 is 0 Å². The van der Waals surface area contributed by atoms with Crippen LogP contribution in [0.15, 0.2) is 6.58 Å². The van der Waals surface area contributed by atoms with Crippen molar-refractivity contribution >= 4 is 0 Å². The molecule has 2 fully saturated rings. The third kappa shape index (κ3) is 21.6. The van der Waals surface area contributed by atoms with Crippen LogP contribution in [0.4, 0.5) is 0 Å². The molecule has 4 nitrogen and oxygen atoms in total. The van der Waals surface area contributed by atoms with Gasteiger partial charge in [-0.25, -0.2) is 0 Å². The van der Waals surface area contributed by atoms with E-state index in [1.54, 1.807) is 6.92 Å². The van der Waals surface area contributed by atoms with E-state index in [0.29, 0.717) is 0 Å². The first kappa shape index (κ1) is 39.0. The summed E-state index contributed by atoms with van der Waals surface area (Å²) in [5.41, 5.74) is 0. The van der Waals surface area contributed by atoms with Crippen molar-refractivity contribution in [1.29, 1.82) is 0 Å². The first-order valence-electron chi connectivity index (χ1n) is 11.2. The molecule has 2 heterocycles. The van der Waals surface area contributed by atoms with Gasteiger partial charge < -0.3 is 33.9 Å². The zero-order valence-electron chi connectivity index (χ0n) is 21.3. The van der Waals surface area contributed by atoms with E-state index in [1.807, 2.05) is 0 Å². The third-order valence-electron chi connectivity index (χ3n) is 5.29. The van der Waals surface area contributed by atoms with Crippen LogP contribution in [0.2, 0.25) is 0 Å². The summed E-state index contributed by atoms with van der Waals surface area (Å²) < 4.78 is 0. The summed E-state index contributed by atoms with van der Waals surface area (Å²) in [4.78, 5) is 4.96. The Morgan fingerprint density at radius 1 is 0.800 bits per heavy atom. The Balaban J connectivity index is -0.000000184. The van der Waals surface area contributed by atoms with Gasteiger partial charge in [0.2, 0.25) is 0 Å². The summed E-state index contributed by atoms with van der Waals surface area (Å²) in [5.74, 6) is 1.66. The molecule has 6 heteroatoms. The van der Waals surface area contributed by atoms with Crippen molar-refractivity contribution in [3.8, 4) is 0 Å². The van der Waals surface area contributed by atoms with Crippen molar-refractivity contribution in [2.75, 3.05) is 53.4 Å². The Morgan fingerprint density at radius 3 is 1.47 bits per heavy atom. The minimum Gasteiger partial charge on any atom is -0.662 e. The fourth-order valence-corrected chi connectivity index (χ4v) is 2.99. The van der Waals surface area contributed by atoms with Gasteiger partial charge in [-0.2, -0.15) is 6.92 Å². The molecule has 2 aliphatic heterocycles. The number of nitrogens with zero attached hydrogens (tertiary/aromatic N) is 4. The molecule has 0 aromatic carbocycles. The van der Waals surface area contributed by atoms with Crippen molar-refractivity contribution < 1.29 is 65.4 Å². The zero-order chi connectivity index (χ0) is 21.9. The summed E-state index contributed by atoms with van der Waals surface area (Å²) in [7, 11) is 4.47. The average molecular weight is 573 g/mol. The number of hydrogen-bond acceptors (Lipinski definition) is 2. The van der Waals surface area contributed by atoms with E-state index >= 15 is 0 Å². The van der Waals surface area contributed by atoms with Crippen molar-refractivity contribution in [2.24, 2.45) is 11.8 Å². The maximum absolute atomic E-state index is 4.38. The molecule has 2 rings (SSSR count). The first-order valence-corrected chi connectivity index (χ1v) is 11.2. The quantitative estimate of drug-likeness (QED) is 0.352. The molecule has 0 spiro atoms. The fraction of sp³-hybridized carbons (Fsp3) is 0.875. The molecule has 0 aromatic heterocycles. The van der Waals surface area contributed by atoms with Gasteiger partial charge in [0.25, 0.3) is 0 Å². The predicted molar refractivity (Wildman–Crippen MR) is 128 cm³/mol. The molecular weight excluding hydrogens is 522 g/mol.